The standard InChI is InChI=1S/C14H20FNO3S/c1-16(13-6-2-11(10-17)3-7-13)20(18,19)14-8-4-12(15)5-9-14/h4-5,8-9,11,13,17H,2-3,6-7,10H2,1H3. The van der Waals surface area contributed by atoms with Gasteiger partial charge in [-0.1, -0.05) is 0 Å². The van der Waals surface area contributed by atoms with E-state index in [1.165, 1.54) is 16.4 Å². The summed E-state index contributed by atoms with van der Waals surface area (Å²) >= 11 is 0. The number of sulfonamides is 1. The van der Waals surface area contributed by atoms with Gasteiger partial charge in [-0.3, -0.25) is 0 Å². The Morgan fingerprint density at radius 2 is 1.75 bits per heavy atom. The highest BCUT2D eigenvalue weighted by atomic mass is 32.2. The van der Waals surface area contributed by atoms with Crippen LogP contribution in [0.2, 0.25) is 0 Å². The van der Waals surface area contributed by atoms with Gasteiger partial charge in [-0.25, -0.2) is 12.8 Å². The molecule has 0 spiro atoms. The van der Waals surface area contributed by atoms with Gasteiger partial charge in [-0.05, 0) is 55.9 Å². The quantitative estimate of drug-likeness (QED) is 0.925. The molecule has 1 saturated carbocycles. The molecule has 0 aromatic heterocycles. The number of rotatable bonds is 4. The highest BCUT2D eigenvalue weighted by molar-refractivity contribution is 7.89. The van der Waals surface area contributed by atoms with E-state index in [0.29, 0.717) is 0 Å². The molecular weight excluding hydrogens is 281 g/mol. The number of hydrogen-bond acceptors (Lipinski definition) is 3. The van der Waals surface area contributed by atoms with Crippen LogP contribution in [0.1, 0.15) is 25.7 Å². The average molecular weight is 301 g/mol. The summed E-state index contributed by atoms with van der Waals surface area (Å²) in [4.78, 5) is 0.116. The van der Waals surface area contributed by atoms with E-state index in [1.54, 1.807) is 7.05 Å². The topological polar surface area (TPSA) is 57.6 Å². The fraction of sp³-hybridized carbons (Fsp3) is 0.571. The van der Waals surface area contributed by atoms with Gasteiger partial charge in [0.25, 0.3) is 0 Å². The van der Waals surface area contributed by atoms with Crippen molar-refractivity contribution in [1.82, 2.24) is 4.31 Å². The molecule has 20 heavy (non-hydrogen) atoms. The lowest BCUT2D eigenvalue weighted by Gasteiger charge is -2.33. The molecule has 112 valence electrons. The van der Waals surface area contributed by atoms with E-state index in [1.807, 2.05) is 0 Å². The lowest BCUT2D eigenvalue weighted by atomic mass is 9.87. The first-order valence-electron chi connectivity index (χ1n) is 6.79. The van der Waals surface area contributed by atoms with Gasteiger partial charge in [0.1, 0.15) is 5.82 Å². The Balaban J connectivity index is 2.11. The van der Waals surface area contributed by atoms with Gasteiger partial charge >= 0.3 is 0 Å². The van der Waals surface area contributed by atoms with Gasteiger partial charge in [-0.15, -0.1) is 0 Å². The fourth-order valence-corrected chi connectivity index (χ4v) is 4.08. The Hall–Kier alpha value is -0.980. The van der Waals surface area contributed by atoms with Crippen molar-refractivity contribution in [1.29, 1.82) is 0 Å². The monoisotopic (exact) mass is 301 g/mol. The Bertz CT molecular complexity index is 536. The van der Waals surface area contributed by atoms with Crippen LogP contribution >= 0.6 is 0 Å². The predicted octanol–water partition coefficient (Wildman–Crippen LogP) is 2.00. The number of benzene rings is 1. The number of nitrogens with zero attached hydrogens (tertiary/aromatic N) is 1. The van der Waals surface area contributed by atoms with Gasteiger partial charge in [0.15, 0.2) is 0 Å². The number of halogens is 1. The molecule has 1 aliphatic rings. The summed E-state index contributed by atoms with van der Waals surface area (Å²) in [5, 5.41) is 9.11. The molecule has 1 fully saturated rings. The van der Waals surface area contributed by atoms with Crippen LogP contribution in [-0.4, -0.2) is 37.5 Å². The zero-order chi connectivity index (χ0) is 14.8. The Labute approximate surface area is 119 Å². The molecule has 1 aromatic carbocycles. The van der Waals surface area contributed by atoms with Crippen molar-refractivity contribution in [2.75, 3.05) is 13.7 Å². The second-order valence-electron chi connectivity index (χ2n) is 5.33. The second kappa shape index (κ2) is 6.20. The lowest BCUT2D eigenvalue weighted by molar-refractivity contribution is 0.159. The summed E-state index contributed by atoms with van der Waals surface area (Å²) in [6.07, 6.45) is 3.18. The molecule has 0 heterocycles. The van der Waals surface area contributed by atoms with Crippen LogP contribution in [0.3, 0.4) is 0 Å². The SMILES string of the molecule is CN(C1CCC(CO)CC1)S(=O)(=O)c1ccc(F)cc1. The molecule has 0 bridgehead atoms. The summed E-state index contributed by atoms with van der Waals surface area (Å²) in [6.45, 7) is 0.168. The van der Waals surface area contributed by atoms with Gasteiger partial charge in [0.2, 0.25) is 10.0 Å². The van der Waals surface area contributed by atoms with Crippen molar-refractivity contribution in [3.8, 4) is 0 Å². The largest absolute Gasteiger partial charge is 0.396 e. The third-order valence-corrected chi connectivity index (χ3v) is 6.00. The van der Waals surface area contributed by atoms with Crippen molar-refractivity contribution >= 4 is 10.0 Å². The van der Waals surface area contributed by atoms with E-state index in [9.17, 15) is 12.8 Å². The van der Waals surface area contributed by atoms with Crippen molar-refractivity contribution in [2.45, 2.75) is 36.6 Å². The summed E-state index contributed by atoms with van der Waals surface area (Å²) in [5.41, 5.74) is 0. The van der Waals surface area contributed by atoms with Gasteiger partial charge < -0.3 is 5.11 Å². The molecule has 0 amide bonds. The molecule has 1 N–H and O–H groups in total. The Morgan fingerprint density at radius 3 is 2.25 bits per heavy atom. The van der Waals surface area contributed by atoms with Crippen LogP contribution in [0, 0.1) is 11.7 Å². The molecule has 4 nitrogen and oxygen atoms in total. The smallest absolute Gasteiger partial charge is 0.243 e. The summed E-state index contributed by atoms with van der Waals surface area (Å²) in [5.74, 6) is -0.164. The minimum absolute atomic E-state index is 0.0483. The molecule has 0 saturated heterocycles. The maximum absolute atomic E-state index is 12.9. The first-order chi connectivity index (χ1) is 9.45. The molecule has 0 radical (unpaired) electrons. The maximum atomic E-state index is 12.9. The molecule has 1 aliphatic carbocycles. The number of aliphatic hydroxyl groups is 1. The van der Waals surface area contributed by atoms with Gasteiger partial charge in [0, 0.05) is 19.7 Å². The minimum Gasteiger partial charge on any atom is -0.396 e. The third-order valence-electron chi connectivity index (χ3n) is 4.08. The average Bonchev–Trinajstić information content (AvgIpc) is 2.47. The summed E-state index contributed by atoms with van der Waals surface area (Å²) < 4.78 is 39.2. The van der Waals surface area contributed by atoms with Gasteiger partial charge in [0.05, 0.1) is 4.90 Å². The first-order valence-corrected chi connectivity index (χ1v) is 8.23. The van der Waals surface area contributed by atoms with Crippen molar-refractivity contribution < 1.29 is 17.9 Å². The van der Waals surface area contributed by atoms with E-state index in [2.05, 4.69) is 0 Å². The van der Waals surface area contributed by atoms with Gasteiger partial charge in [-0.2, -0.15) is 4.31 Å². The van der Waals surface area contributed by atoms with Crippen molar-refractivity contribution in [3.63, 3.8) is 0 Å². The van der Waals surface area contributed by atoms with Crippen LogP contribution in [0.15, 0.2) is 29.2 Å². The second-order valence-corrected chi connectivity index (χ2v) is 7.33. The predicted molar refractivity (Wildman–Crippen MR) is 74.2 cm³/mol. The fourth-order valence-electron chi connectivity index (χ4n) is 2.66. The Kier molecular flexibility index (Phi) is 4.78. The highest BCUT2D eigenvalue weighted by Crippen LogP contribution is 2.29. The number of hydrogen-bond donors (Lipinski definition) is 1. The summed E-state index contributed by atoms with van der Waals surface area (Å²) in [6, 6.07) is 4.85. The highest BCUT2D eigenvalue weighted by Gasteiger charge is 2.31. The third kappa shape index (κ3) is 3.19. The Morgan fingerprint density at radius 1 is 1.20 bits per heavy atom. The lowest BCUT2D eigenvalue weighted by Crippen LogP contribution is -2.39. The molecule has 0 atom stereocenters. The minimum atomic E-state index is -3.58. The summed E-state index contributed by atoms with van der Waals surface area (Å²) in [7, 11) is -2.00. The molecule has 2 rings (SSSR count). The van der Waals surface area contributed by atoms with Crippen LogP contribution in [0.5, 0.6) is 0 Å². The zero-order valence-corrected chi connectivity index (χ0v) is 12.3. The van der Waals surface area contributed by atoms with E-state index < -0.39 is 15.8 Å². The van der Waals surface area contributed by atoms with Crippen LogP contribution < -0.4 is 0 Å². The van der Waals surface area contributed by atoms with E-state index in [4.69, 9.17) is 5.11 Å². The first kappa shape index (κ1) is 15.4. The van der Waals surface area contributed by atoms with Crippen molar-refractivity contribution in [2.24, 2.45) is 5.92 Å². The van der Waals surface area contributed by atoms with E-state index in [-0.39, 0.29) is 23.5 Å². The van der Waals surface area contributed by atoms with Crippen LogP contribution in [0.4, 0.5) is 4.39 Å². The zero-order valence-electron chi connectivity index (χ0n) is 11.5. The van der Waals surface area contributed by atoms with Crippen molar-refractivity contribution in [3.05, 3.63) is 30.1 Å². The maximum Gasteiger partial charge on any atom is 0.243 e. The molecule has 0 aliphatic heterocycles. The number of aliphatic hydroxyl groups excluding tert-OH is 1. The van der Waals surface area contributed by atoms with E-state index in [0.717, 1.165) is 37.8 Å². The molecule has 6 heteroatoms. The molecular formula is C14H20FNO3S. The molecule has 0 unspecified atom stereocenters. The van der Waals surface area contributed by atoms with Crippen LogP contribution in [-0.2, 0) is 10.0 Å². The normalized spacial score (nSPS) is 24.0. The van der Waals surface area contributed by atoms with Crippen LogP contribution in [0.25, 0.3) is 0 Å². The molecule has 1 aromatic rings. The van der Waals surface area contributed by atoms with E-state index >= 15 is 0 Å².